The molecular formula is C23H31N3O4S. The number of amides is 2. The molecule has 0 aliphatic carbocycles. The lowest BCUT2D eigenvalue weighted by Gasteiger charge is -2.30. The number of nitrogens with one attached hydrogen (secondary N) is 2. The van der Waals surface area contributed by atoms with Gasteiger partial charge in [0, 0.05) is 6.54 Å². The molecule has 0 bridgehead atoms. The van der Waals surface area contributed by atoms with Gasteiger partial charge in [0.05, 0.1) is 23.2 Å². The van der Waals surface area contributed by atoms with Crippen molar-refractivity contribution >= 4 is 33.2 Å². The van der Waals surface area contributed by atoms with E-state index in [1.54, 1.807) is 43.3 Å². The molecule has 0 saturated heterocycles. The van der Waals surface area contributed by atoms with Crippen molar-refractivity contribution in [2.24, 2.45) is 0 Å². The van der Waals surface area contributed by atoms with E-state index in [0.29, 0.717) is 23.5 Å². The predicted molar refractivity (Wildman–Crippen MR) is 125 cm³/mol. The minimum Gasteiger partial charge on any atom is -0.352 e. The van der Waals surface area contributed by atoms with Gasteiger partial charge in [-0.1, -0.05) is 32.0 Å². The van der Waals surface area contributed by atoms with E-state index in [1.165, 1.54) is 0 Å². The zero-order valence-electron chi connectivity index (χ0n) is 18.7. The van der Waals surface area contributed by atoms with Crippen LogP contribution in [0, 0.1) is 13.8 Å². The van der Waals surface area contributed by atoms with Crippen LogP contribution in [0.15, 0.2) is 42.5 Å². The van der Waals surface area contributed by atoms with Gasteiger partial charge in [-0.25, -0.2) is 8.42 Å². The third-order valence-electron chi connectivity index (χ3n) is 4.76. The summed E-state index contributed by atoms with van der Waals surface area (Å²) in [6.07, 6.45) is 2.14. The molecule has 2 amide bonds. The quantitative estimate of drug-likeness (QED) is 0.616. The summed E-state index contributed by atoms with van der Waals surface area (Å²) in [6.45, 7) is 7.98. The minimum atomic E-state index is -3.75. The maximum atomic E-state index is 13.2. The SMILES string of the molecule is CCCNC(=O)c1ccccc1NC(=O)C(CC)N(c1cc(C)cc(C)c1)S(C)(=O)=O. The number of sulfonamides is 1. The van der Waals surface area contributed by atoms with Gasteiger partial charge < -0.3 is 10.6 Å². The topological polar surface area (TPSA) is 95.6 Å². The summed E-state index contributed by atoms with van der Waals surface area (Å²) in [6, 6.07) is 11.1. The van der Waals surface area contributed by atoms with E-state index in [-0.39, 0.29) is 12.3 Å². The first-order valence-electron chi connectivity index (χ1n) is 10.3. The number of hydrogen-bond acceptors (Lipinski definition) is 4. The summed E-state index contributed by atoms with van der Waals surface area (Å²) in [5.74, 6) is -0.789. The van der Waals surface area contributed by atoms with E-state index in [1.807, 2.05) is 26.8 Å². The highest BCUT2D eigenvalue weighted by molar-refractivity contribution is 7.92. The number of para-hydroxylation sites is 1. The molecule has 1 unspecified atom stereocenters. The van der Waals surface area contributed by atoms with Crippen LogP contribution in [-0.2, 0) is 14.8 Å². The normalized spacial score (nSPS) is 12.2. The third kappa shape index (κ3) is 6.30. The van der Waals surface area contributed by atoms with Gasteiger partial charge in [-0.05, 0) is 62.1 Å². The van der Waals surface area contributed by atoms with Crippen molar-refractivity contribution in [3.8, 4) is 0 Å². The Hall–Kier alpha value is -2.87. The largest absolute Gasteiger partial charge is 0.352 e. The maximum Gasteiger partial charge on any atom is 0.253 e. The summed E-state index contributed by atoms with van der Waals surface area (Å²) in [5.41, 5.74) is 2.91. The van der Waals surface area contributed by atoms with Gasteiger partial charge in [0.1, 0.15) is 6.04 Å². The van der Waals surface area contributed by atoms with Gasteiger partial charge >= 0.3 is 0 Å². The Morgan fingerprint density at radius 2 is 1.65 bits per heavy atom. The Morgan fingerprint density at radius 3 is 2.19 bits per heavy atom. The lowest BCUT2D eigenvalue weighted by molar-refractivity contribution is -0.117. The van der Waals surface area contributed by atoms with E-state index >= 15 is 0 Å². The summed E-state index contributed by atoms with van der Waals surface area (Å²) in [4.78, 5) is 25.7. The number of benzene rings is 2. The molecule has 2 aromatic rings. The molecule has 0 radical (unpaired) electrons. The van der Waals surface area contributed by atoms with Crippen molar-refractivity contribution < 1.29 is 18.0 Å². The second-order valence-corrected chi connectivity index (χ2v) is 9.48. The van der Waals surface area contributed by atoms with Crippen LogP contribution in [0.25, 0.3) is 0 Å². The smallest absolute Gasteiger partial charge is 0.253 e. The Balaban J connectivity index is 2.41. The Labute approximate surface area is 184 Å². The molecule has 0 aliphatic heterocycles. The van der Waals surface area contributed by atoms with Crippen LogP contribution in [0.2, 0.25) is 0 Å². The zero-order chi connectivity index (χ0) is 23.2. The highest BCUT2D eigenvalue weighted by Crippen LogP contribution is 2.26. The van der Waals surface area contributed by atoms with Crippen LogP contribution < -0.4 is 14.9 Å². The highest BCUT2D eigenvalue weighted by Gasteiger charge is 2.32. The molecule has 0 aromatic heterocycles. The van der Waals surface area contributed by atoms with Gasteiger partial charge in [0.15, 0.2) is 0 Å². The van der Waals surface area contributed by atoms with E-state index in [0.717, 1.165) is 28.1 Å². The third-order valence-corrected chi connectivity index (χ3v) is 5.94. The molecule has 0 heterocycles. The van der Waals surface area contributed by atoms with Gasteiger partial charge in [-0.3, -0.25) is 13.9 Å². The number of carbonyl (C=O) groups is 2. The average molecular weight is 446 g/mol. The number of carbonyl (C=O) groups excluding carboxylic acids is 2. The Bertz CT molecular complexity index is 1030. The number of nitrogens with zero attached hydrogens (tertiary/aromatic N) is 1. The Morgan fingerprint density at radius 1 is 1.03 bits per heavy atom. The number of anilines is 2. The fraction of sp³-hybridized carbons (Fsp3) is 0.391. The van der Waals surface area contributed by atoms with Crippen molar-refractivity contribution in [3.05, 3.63) is 59.2 Å². The van der Waals surface area contributed by atoms with Crippen LogP contribution in [0.1, 0.15) is 48.2 Å². The molecule has 0 fully saturated rings. The molecule has 2 aromatic carbocycles. The van der Waals surface area contributed by atoms with Gasteiger partial charge in [-0.15, -0.1) is 0 Å². The van der Waals surface area contributed by atoms with Crippen LogP contribution in [0.3, 0.4) is 0 Å². The van der Waals surface area contributed by atoms with E-state index < -0.39 is 22.0 Å². The lowest BCUT2D eigenvalue weighted by Crippen LogP contribution is -2.47. The van der Waals surface area contributed by atoms with E-state index in [2.05, 4.69) is 10.6 Å². The van der Waals surface area contributed by atoms with Gasteiger partial charge in [0.25, 0.3) is 5.91 Å². The summed E-state index contributed by atoms with van der Waals surface area (Å²) >= 11 is 0. The van der Waals surface area contributed by atoms with Gasteiger partial charge in [0.2, 0.25) is 15.9 Å². The molecule has 0 saturated carbocycles. The van der Waals surface area contributed by atoms with Gasteiger partial charge in [-0.2, -0.15) is 0 Å². The van der Waals surface area contributed by atoms with Crippen molar-refractivity contribution in [2.45, 2.75) is 46.6 Å². The fourth-order valence-electron chi connectivity index (χ4n) is 3.48. The monoisotopic (exact) mass is 445 g/mol. The number of rotatable bonds is 9. The lowest BCUT2D eigenvalue weighted by atomic mass is 10.1. The summed E-state index contributed by atoms with van der Waals surface area (Å²) in [7, 11) is -3.75. The van der Waals surface area contributed by atoms with Crippen molar-refractivity contribution in [2.75, 3.05) is 22.4 Å². The van der Waals surface area contributed by atoms with Crippen molar-refractivity contribution in [1.82, 2.24) is 5.32 Å². The summed E-state index contributed by atoms with van der Waals surface area (Å²) in [5, 5.41) is 5.56. The molecule has 168 valence electrons. The first-order chi connectivity index (χ1) is 14.6. The molecule has 0 aliphatic rings. The molecule has 2 rings (SSSR count). The molecule has 0 spiro atoms. The number of hydrogen-bond donors (Lipinski definition) is 2. The van der Waals surface area contributed by atoms with Crippen LogP contribution >= 0.6 is 0 Å². The highest BCUT2D eigenvalue weighted by atomic mass is 32.2. The second kappa shape index (κ2) is 10.4. The Kier molecular flexibility index (Phi) is 8.21. The first-order valence-corrected chi connectivity index (χ1v) is 12.2. The van der Waals surface area contributed by atoms with E-state index in [9.17, 15) is 18.0 Å². The average Bonchev–Trinajstić information content (AvgIpc) is 2.68. The van der Waals surface area contributed by atoms with Crippen LogP contribution in [-0.4, -0.2) is 39.1 Å². The van der Waals surface area contributed by atoms with Crippen molar-refractivity contribution in [3.63, 3.8) is 0 Å². The molecule has 1 atom stereocenters. The molecular weight excluding hydrogens is 414 g/mol. The van der Waals surface area contributed by atoms with Crippen LogP contribution in [0.5, 0.6) is 0 Å². The molecule has 8 heteroatoms. The first kappa shape index (κ1) is 24.4. The van der Waals surface area contributed by atoms with Crippen LogP contribution in [0.4, 0.5) is 11.4 Å². The summed E-state index contributed by atoms with van der Waals surface area (Å²) < 4.78 is 26.5. The molecule has 31 heavy (non-hydrogen) atoms. The molecule has 7 nitrogen and oxygen atoms in total. The molecule has 2 N–H and O–H groups in total. The minimum absolute atomic E-state index is 0.260. The van der Waals surface area contributed by atoms with E-state index in [4.69, 9.17) is 0 Å². The fourth-order valence-corrected chi connectivity index (χ4v) is 4.67. The standard InChI is InChI=1S/C23H31N3O4S/c1-6-12-24-22(27)19-10-8-9-11-20(19)25-23(28)21(7-2)26(31(5,29)30)18-14-16(3)13-17(4)15-18/h8-11,13-15,21H,6-7,12H2,1-5H3,(H,24,27)(H,25,28). The predicted octanol–water partition coefficient (Wildman–Crippen LogP) is 3.63. The second-order valence-electron chi connectivity index (χ2n) is 7.62. The number of aryl methyl sites for hydroxylation is 2. The maximum absolute atomic E-state index is 13.2. The zero-order valence-corrected chi connectivity index (χ0v) is 19.5. The van der Waals surface area contributed by atoms with Crippen molar-refractivity contribution in [1.29, 1.82) is 0 Å².